The van der Waals surface area contributed by atoms with Crippen LogP contribution >= 0.6 is 12.4 Å². The van der Waals surface area contributed by atoms with Crippen molar-refractivity contribution in [3.8, 4) is 6.07 Å². The molecule has 0 amide bonds. The third kappa shape index (κ3) is 3.67. The van der Waals surface area contributed by atoms with E-state index in [9.17, 15) is 13.7 Å². The van der Waals surface area contributed by atoms with Crippen molar-refractivity contribution in [1.29, 1.82) is 5.26 Å². The lowest BCUT2D eigenvalue weighted by atomic mass is 10.1. The summed E-state index contributed by atoms with van der Waals surface area (Å²) in [5.74, 6) is 0. The van der Waals surface area contributed by atoms with Gasteiger partial charge >= 0.3 is 0 Å². The lowest BCUT2D eigenvalue weighted by Crippen LogP contribution is -2.48. The Morgan fingerprint density at radius 1 is 1.32 bits per heavy atom. The second-order valence-corrected chi connectivity index (χ2v) is 7.54. The van der Waals surface area contributed by atoms with Crippen LogP contribution in [0.25, 0.3) is 0 Å². The van der Waals surface area contributed by atoms with Crippen LogP contribution in [0.2, 0.25) is 0 Å². The molecule has 2 heterocycles. The van der Waals surface area contributed by atoms with Gasteiger partial charge in [0, 0.05) is 32.0 Å². The molecule has 2 aromatic rings. The van der Waals surface area contributed by atoms with E-state index >= 15 is 0 Å². The van der Waals surface area contributed by atoms with Crippen LogP contribution in [0.1, 0.15) is 22.7 Å². The SMILES string of the molecule is Cc1cccc(S(=O)(=O)N2CCNCC2c2cccnc2)c1C#N.Cl. The van der Waals surface area contributed by atoms with Gasteiger partial charge in [-0.1, -0.05) is 18.2 Å². The van der Waals surface area contributed by atoms with E-state index in [4.69, 9.17) is 0 Å². The molecule has 1 N–H and O–H groups in total. The van der Waals surface area contributed by atoms with Gasteiger partial charge in [0.15, 0.2) is 0 Å². The topological polar surface area (TPSA) is 86.1 Å². The second kappa shape index (κ2) is 7.93. The predicted molar refractivity (Wildman–Crippen MR) is 96.9 cm³/mol. The van der Waals surface area contributed by atoms with Gasteiger partial charge in [-0.25, -0.2) is 8.42 Å². The summed E-state index contributed by atoms with van der Waals surface area (Å²) in [7, 11) is -3.78. The first-order valence-electron chi connectivity index (χ1n) is 7.68. The number of piperazine rings is 1. The molecule has 1 fully saturated rings. The predicted octanol–water partition coefficient (Wildman–Crippen LogP) is 2.02. The van der Waals surface area contributed by atoms with E-state index in [1.54, 1.807) is 37.5 Å². The highest BCUT2D eigenvalue weighted by molar-refractivity contribution is 7.89. The zero-order chi connectivity index (χ0) is 17.2. The van der Waals surface area contributed by atoms with Crippen molar-refractivity contribution < 1.29 is 8.42 Å². The molecule has 0 bridgehead atoms. The molecule has 1 saturated heterocycles. The van der Waals surface area contributed by atoms with E-state index in [-0.39, 0.29) is 28.9 Å². The summed E-state index contributed by atoms with van der Waals surface area (Å²) in [4.78, 5) is 4.17. The molecule has 8 heteroatoms. The molecule has 1 atom stereocenters. The highest BCUT2D eigenvalue weighted by Gasteiger charge is 2.36. The Morgan fingerprint density at radius 2 is 2.12 bits per heavy atom. The molecule has 25 heavy (non-hydrogen) atoms. The molecule has 6 nitrogen and oxygen atoms in total. The van der Waals surface area contributed by atoms with Crippen LogP contribution in [0.4, 0.5) is 0 Å². The highest BCUT2D eigenvalue weighted by Crippen LogP contribution is 2.30. The number of halogens is 1. The average molecular weight is 379 g/mol. The third-order valence-electron chi connectivity index (χ3n) is 4.20. The van der Waals surface area contributed by atoms with Gasteiger partial charge < -0.3 is 5.32 Å². The smallest absolute Gasteiger partial charge is 0.245 e. The Labute approximate surface area is 154 Å². The van der Waals surface area contributed by atoms with E-state index < -0.39 is 10.0 Å². The number of hydrogen-bond acceptors (Lipinski definition) is 5. The lowest BCUT2D eigenvalue weighted by Gasteiger charge is -2.35. The maximum absolute atomic E-state index is 13.2. The number of sulfonamides is 1. The average Bonchev–Trinajstić information content (AvgIpc) is 2.62. The first kappa shape index (κ1) is 19.3. The van der Waals surface area contributed by atoms with E-state index in [1.807, 2.05) is 12.1 Å². The summed E-state index contributed by atoms with van der Waals surface area (Å²) in [5.41, 5.74) is 1.70. The van der Waals surface area contributed by atoms with Crippen molar-refractivity contribution in [3.63, 3.8) is 0 Å². The van der Waals surface area contributed by atoms with Gasteiger partial charge in [0.25, 0.3) is 0 Å². The summed E-state index contributed by atoms with van der Waals surface area (Å²) < 4.78 is 27.9. The van der Waals surface area contributed by atoms with E-state index in [2.05, 4.69) is 10.3 Å². The van der Waals surface area contributed by atoms with Crippen LogP contribution in [0, 0.1) is 18.3 Å². The largest absolute Gasteiger partial charge is 0.313 e. The van der Waals surface area contributed by atoms with Crippen LogP contribution in [-0.2, 0) is 10.0 Å². The number of rotatable bonds is 3. The Hall–Kier alpha value is -1.98. The Balaban J connectivity index is 0.00000225. The molecule has 1 aromatic carbocycles. The zero-order valence-corrected chi connectivity index (χ0v) is 15.3. The number of pyridine rings is 1. The first-order valence-corrected chi connectivity index (χ1v) is 9.12. The normalized spacial score (nSPS) is 18.2. The van der Waals surface area contributed by atoms with E-state index in [0.29, 0.717) is 25.2 Å². The molecule has 132 valence electrons. The summed E-state index contributed by atoms with van der Waals surface area (Å²) in [5, 5.41) is 12.6. The molecular formula is C17H19ClN4O2S. The monoisotopic (exact) mass is 378 g/mol. The van der Waals surface area contributed by atoms with Crippen LogP contribution in [-0.4, -0.2) is 37.3 Å². The standard InChI is InChI=1S/C17H18N4O2S.ClH/c1-13-4-2-6-17(15(13)10-18)24(22,23)21-9-8-20-12-16(21)14-5-3-7-19-11-14;/h2-7,11,16,20H,8-9,12H2,1H3;1H. The summed E-state index contributed by atoms with van der Waals surface area (Å²) in [6, 6.07) is 10.3. The fourth-order valence-electron chi connectivity index (χ4n) is 2.96. The minimum absolute atomic E-state index is 0. The van der Waals surface area contributed by atoms with Crippen molar-refractivity contribution >= 4 is 22.4 Å². The lowest BCUT2D eigenvalue weighted by molar-refractivity contribution is 0.271. The number of nitriles is 1. The maximum atomic E-state index is 13.2. The molecular weight excluding hydrogens is 360 g/mol. The molecule has 1 unspecified atom stereocenters. The molecule has 3 rings (SSSR count). The van der Waals surface area contributed by atoms with Crippen molar-refractivity contribution in [3.05, 3.63) is 59.4 Å². The zero-order valence-electron chi connectivity index (χ0n) is 13.7. The Morgan fingerprint density at radius 3 is 2.80 bits per heavy atom. The van der Waals surface area contributed by atoms with Gasteiger partial charge in [-0.2, -0.15) is 9.57 Å². The molecule has 0 aliphatic carbocycles. The van der Waals surface area contributed by atoms with Gasteiger partial charge in [0.1, 0.15) is 11.0 Å². The number of aryl methyl sites for hydroxylation is 1. The summed E-state index contributed by atoms with van der Waals surface area (Å²) in [6.45, 7) is 3.18. The molecule has 0 saturated carbocycles. The van der Waals surface area contributed by atoms with Gasteiger partial charge in [-0.05, 0) is 30.2 Å². The molecule has 0 radical (unpaired) electrons. The van der Waals surface area contributed by atoms with Crippen molar-refractivity contribution in [1.82, 2.24) is 14.6 Å². The van der Waals surface area contributed by atoms with Crippen LogP contribution in [0.5, 0.6) is 0 Å². The first-order chi connectivity index (χ1) is 11.6. The van der Waals surface area contributed by atoms with Crippen molar-refractivity contribution in [2.75, 3.05) is 19.6 Å². The Bertz CT molecular complexity index is 881. The number of aromatic nitrogens is 1. The fourth-order valence-corrected chi connectivity index (χ4v) is 4.79. The molecule has 1 aliphatic heterocycles. The molecule has 1 aromatic heterocycles. The minimum Gasteiger partial charge on any atom is -0.313 e. The van der Waals surface area contributed by atoms with E-state index in [0.717, 1.165) is 5.56 Å². The maximum Gasteiger partial charge on any atom is 0.245 e. The molecule has 1 aliphatic rings. The van der Waals surface area contributed by atoms with Gasteiger partial charge in [0.2, 0.25) is 10.0 Å². The number of benzene rings is 1. The van der Waals surface area contributed by atoms with Crippen LogP contribution in [0.15, 0.2) is 47.6 Å². The van der Waals surface area contributed by atoms with Crippen LogP contribution in [0.3, 0.4) is 0 Å². The fraction of sp³-hybridized carbons (Fsp3) is 0.294. The molecule has 0 spiro atoms. The van der Waals surface area contributed by atoms with Gasteiger partial charge in [-0.15, -0.1) is 12.4 Å². The number of nitrogens with one attached hydrogen (secondary N) is 1. The number of nitrogens with zero attached hydrogens (tertiary/aromatic N) is 3. The number of hydrogen-bond donors (Lipinski definition) is 1. The van der Waals surface area contributed by atoms with Crippen molar-refractivity contribution in [2.45, 2.75) is 17.9 Å². The van der Waals surface area contributed by atoms with Gasteiger partial charge in [0.05, 0.1) is 11.6 Å². The Kier molecular flexibility index (Phi) is 6.14. The third-order valence-corrected chi connectivity index (χ3v) is 6.15. The summed E-state index contributed by atoms with van der Waals surface area (Å²) in [6.07, 6.45) is 3.34. The quantitative estimate of drug-likeness (QED) is 0.883. The minimum atomic E-state index is -3.78. The highest BCUT2D eigenvalue weighted by atomic mass is 35.5. The summed E-state index contributed by atoms with van der Waals surface area (Å²) >= 11 is 0. The van der Waals surface area contributed by atoms with Crippen molar-refractivity contribution in [2.24, 2.45) is 0 Å². The van der Waals surface area contributed by atoms with Gasteiger partial charge in [-0.3, -0.25) is 4.98 Å². The van der Waals surface area contributed by atoms with E-state index in [1.165, 1.54) is 10.4 Å². The second-order valence-electron chi connectivity index (χ2n) is 5.68. The van der Waals surface area contributed by atoms with Crippen LogP contribution < -0.4 is 5.32 Å².